The van der Waals surface area contributed by atoms with Crippen molar-refractivity contribution in [2.75, 3.05) is 0 Å². The molecule has 1 N–H and O–H groups in total. The first-order chi connectivity index (χ1) is 12.4. The number of benzene rings is 1. The van der Waals surface area contributed by atoms with Crippen LogP contribution in [0.25, 0.3) is 11.3 Å². The van der Waals surface area contributed by atoms with E-state index in [4.69, 9.17) is 16.0 Å². The summed E-state index contributed by atoms with van der Waals surface area (Å²) in [6, 6.07) is 8.01. The Bertz CT molecular complexity index is 961. The van der Waals surface area contributed by atoms with Gasteiger partial charge in [0.05, 0.1) is 22.2 Å². The number of rotatable bonds is 6. The highest BCUT2D eigenvalue weighted by atomic mass is 35.5. The highest BCUT2D eigenvalue weighted by Crippen LogP contribution is 2.32. The number of hydrogen-bond acceptors (Lipinski definition) is 5. The number of aryl methyl sites for hydroxylation is 2. The third kappa shape index (κ3) is 3.63. The molecular formula is C18H19ClN4O3. The van der Waals surface area contributed by atoms with Crippen molar-refractivity contribution >= 4 is 17.3 Å². The van der Waals surface area contributed by atoms with E-state index in [9.17, 15) is 10.1 Å². The van der Waals surface area contributed by atoms with Crippen molar-refractivity contribution in [3.05, 3.63) is 68.2 Å². The fraction of sp³-hybridized carbons (Fsp3) is 0.278. The van der Waals surface area contributed by atoms with Crippen LogP contribution in [0.4, 0.5) is 5.69 Å². The van der Waals surface area contributed by atoms with Gasteiger partial charge in [-0.25, -0.2) is 0 Å². The van der Waals surface area contributed by atoms with Crippen LogP contribution in [-0.4, -0.2) is 14.7 Å². The predicted molar refractivity (Wildman–Crippen MR) is 99.0 cm³/mol. The number of nitro benzene ring substituents is 1. The van der Waals surface area contributed by atoms with E-state index in [1.165, 1.54) is 17.7 Å². The minimum Gasteiger partial charge on any atom is -0.460 e. The lowest BCUT2D eigenvalue weighted by atomic mass is 10.1. The zero-order chi connectivity index (χ0) is 18.8. The summed E-state index contributed by atoms with van der Waals surface area (Å²) in [5.41, 5.74) is 3.90. The fourth-order valence-electron chi connectivity index (χ4n) is 2.82. The van der Waals surface area contributed by atoms with E-state index in [1.807, 2.05) is 37.7 Å². The Morgan fingerprint density at radius 3 is 2.65 bits per heavy atom. The zero-order valence-corrected chi connectivity index (χ0v) is 15.5. The third-order valence-corrected chi connectivity index (χ3v) is 4.66. The van der Waals surface area contributed by atoms with Crippen molar-refractivity contribution in [1.82, 2.24) is 15.1 Å². The maximum absolute atomic E-state index is 10.8. The topological polar surface area (TPSA) is 86.1 Å². The number of nitrogens with zero attached hydrogens (tertiary/aromatic N) is 3. The highest BCUT2D eigenvalue weighted by molar-refractivity contribution is 6.33. The van der Waals surface area contributed by atoms with Gasteiger partial charge in [-0.1, -0.05) is 11.6 Å². The second-order valence-electron chi connectivity index (χ2n) is 6.06. The summed E-state index contributed by atoms with van der Waals surface area (Å²) >= 11 is 6.15. The number of halogens is 1. The van der Waals surface area contributed by atoms with E-state index in [-0.39, 0.29) is 10.7 Å². The van der Waals surface area contributed by atoms with Gasteiger partial charge in [-0.3, -0.25) is 14.8 Å². The van der Waals surface area contributed by atoms with Crippen LogP contribution >= 0.6 is 11.6 Å². The van der Waals surface area contributed by atoms with Crippen LogP contribution in [0, 0.1) is 24.0 Å². The van der Waals surface area contributed by atoms with Gasteiger partial charge in [0, 0.05) is 42.5 Å². The third-order valence-electron chi connectivity index (χ3n) is 4.35. The maximum atomic E-state index is 10.8. The van der Waals surface area contributed by atoms with Gasteiger partial charge in [0.15, 0.2) is 0 Å². The second kappa shape index (κ2) is 7.31. The molecule has 8 heteroatoms. The van der Waals surface area contributed by atoms with Crippen LogP contribution in [0.1, 0.15) is 22.7 Å². The molecule has 0 radical (unpaired) electrons. The lowest BCUT2D eigenvalue weighted by Gasteiger charge is -2.04. The molecule has 0 saturated carbocycles. The smallest absolute Gasteiger partial charge is 0.270 e. The molecule has 0 amide bonds. The van der Waals surface area contributed by atoms with Gasteiger partial charge in [0.2, 0.25) is 0 Å². The lowest BCUT2D eigenvalue weighted by molar-refractivity contribution is -0.384. The first-order valence-electron chi connectivity index (χ1n) is 8.09. The van der Waals surface area contributed by atoms with Crippen molar-refractivity contribution in [1.29, 1.82) is 0 Å². The van der Waals surface area contributed by atoms with Gasteiger partial charge in [-0.05, 0) is 32.0 Å². The average Bonchev–Trinajstić information content (AvgIpc) is 3.14. The Labute approximate surface area is 155 Å². The van der Waals surface area contributed by atoms with Crippen LogP contribution < -0.4 is 5.32 Å². The lowest BCUT2D eigenvalue weighted by Crippen LogP contribution is -2.13. The minimum absolute atomic E-state index is 0.0468. The Hall–Kier alpha value is -2.64. The first-order valence-corrected chi connectivity index (χ1v) is 8.47. The molecule has 3 rings (SSSR count). The van der Waals surface area contributed by atoms with Crippen LogP contribution in [0.2, 0.25) is 5.02 Å². The van der Waals surface area contributed by atoms with Gasteiger partial charge >= 0.3 is 0 Å². The van der Waals surface area contributed by atoms with Gasteiger partial charge in [0.25, 0.3) is 5.69 Å². The highest BCUT2D eigenvalue weighted by Gasteiger charge is 2.14. The number of nitro groups is 1. The van der Waals surface area contributed by atoms with E-state index in [2.05, 4.69) is 10.4 Å². The molecule has 2 aromatic heterocycles. The summed E-state index contributed by atoms with van der Waals surface area (Å²) in [5, 5.41) is 18.8. The summed E-state index contributed by atoms with van der Waals surface area (Å²) in [6.45, 7) is 5.28. The molecule has 1 aromatic carbocycles. The molecule has 7 nitrogen and oxygen atoms in total. The molecule has 2 heterocycles. The van der Waals surface area contributed by atoms with E-state index in [0.29, 0.717) is 24.4 Å². The largest absolute Gasteiger partial charge is 0.460 e. The number of hydrogen-bond donors (Lipinski definition) is 1. The standard InChI is InChI=1S/C18H19ClN4O3/c1-11-16(12(2)22(3)21-11)10-20-9-14-5-7-18(26-14)15-6-4-13(23(24)25)8-17(15)19/h4-8,20H,9-10H2,1-3H3. The molecule has 0 unspecified atom stereocenters. The molecule has 26 heavy (non-hydrogen) atoms. The first kappa shape index (κ1) is 18.2. The Morgan fingerprint density at radius 2 is 2.04 bits per heavy atom. The molecule has 0 bridgehead atoms. The Balaban J connectivity index is 1.68. The normalized spacial score (nSPS) is 11.1. The fourth-order valence-corrected chi connectivity index (χ4v) is 3.09. The minimum atomic E-state index is -0.477. The molecule has 0 saturated heterocycles. The number of furan rings is 1. The summed E-state index contributed by atoms with van der Waals surface area (Å²) in [4.78, 5) is 10.3. The van der Waals surface area contributed by atoms with Crippen molar-refractivity contribution < 1.29 is 9.34 Å². The van der Waals surface area contributed by atoms with E-state index in [0.717, 1.165) is 17.1 Å². The molecule has 3 aromatic rings. The van der Waals surface area contributed by atoms with E-state index in [1.54, 1.807) is 6.07 Å². The molecule has 0 fully saturated rings. The molecule has 136 valence electrons. The van der Waals surface area contributed by atoms with Gasteiger partial charge < -0.3 is 9.73 Å². The molecule has 0 aliphatic heterocycles. The van der Waals surface area contributed by atoms with Crippen LogP contribution in [-0.2, 0) is 20.1 Å². The number of aromatic nitrogens is 2. The average molecular weight is 375 g/mol. The Morgan fingerprint density at radius 1 is 1.27 bits per heavy atom. The van der Waals surface area contributed by atoms with Crippen molar-refractivity contribution in [3.8, 4) is 11.3 Å². The van der Waals surface area contributed by atoms with Crippen molar-refractivity contribution in [2.24, 2.45) is 7.05 Å². The zero-order valence-electron chi connectivity index (χ0n) is 14.7. The summed E-state index contributed by atoms with van der Waals surface area (Å²) < 4.78 is 7.69. The maximum Gasteiger partial charge on any atom is 0.270 e. The predicted octanol–water partition coefficient (Wildman–Crippen LogP) is 4.15. The Kier molecular flexibility index (Phi) is 5.11. The molecule has 0 atom stereocenters. The quantitative estimate of drug-likeness (QED) is 0.517. The van der Waals surface area contributed by atoms with Gasteiger partial charge in [-0.15, -0.1) is 0 Å². The molecule has 0 aliphatic carbocycles. The van der Waals surface area contributed by atoms with Crippen molar-refractivity contribution in [2.45, 2.75) is 26.9 Å². The number of non-ortho nitro benzene ring substituents is 1. The van der Waals surface area contributed by atoms with Crippen LogP contribution in [0.5, 0.6) is 0 Å². The molecular weight excluding hydrogens is 356 g/mol. The summed E-state index contributed by atoms with van der Waals surface area (Å²) in [7, 11) is 1.93. The van der Waals surface area contributed by atoms with E-state index >= 15 is 0 Å². The second-order valence-corrected chi connectivity index (χ2v) is 6.47. The SMILES string of the molecule is Cc1nn(C)c(C)c1CNCc1ccc(-c2ccc([N+](=O)[O-])cc2Cl)o1. The number of nitrogens with one attached hydrogen (secondary N) is 1. The van der Waals surface area contributed by atoms with Crippen LogP contribution in [0.3, 0.4) is 0 Å². The monoisotopic (exact) mass is 374 g/mol. The summed E-state index contributed by atoms with van der Waals surface area (Å²) in [6.07, 6.45) is 0. The van der Waals surface area contributed by atoms with Gasteiger partial charge in [-0.2, -0.15) is 5.10 Å². The van der Waals surface area contributed by atoms with Gasteiger partial charge in [0.1, 0.15) is 11.5 Å². The molecule has 0 aliphatic rings. The van der Waals surface area contributed by atoms with Crippen molar-refractivity contribution in [3.63, 3.8) is 0 Å². The molecule has 0 spiro atoms. The van der Waals surface area contributed by atoms with Crippen LogP contribution in [0.15, 0.2) is 34.7 Å². The summed E-state index contributed by atoms with van der Waals surface area (Å²) in [5.74, 6) is 1.34. The van der Waals surface area contributed by atoms with E-state index < -0.39 is 4.92 Å².